The van der Waals surface area contributed by atoms with Gasteiger partial charge in [0.25, 0.3) is 5.91 Å². The first-order chi connectivity index (χ1) is 20.4. The summed E-state index contributed by atoms with van der Waals surface area (Å²) in [5, 5.41) is 15.2. The van der Waals surface area contributed by atoms with Crippen LogP contribution in [0.2, 0.25) is 0 Å². The average Bonchev–Trinajstić information content (AvgIpc) is 3.00. The van der Waals surface area contributed by atoms with E-state index < -0.39 is 36.2 Å². The number of likely N-dealkylation sites (N-methyl/N-ethyl adjacent to an activating group) is 1. The fourth-order valence-corrected chi connectivity index (χ4v) is 4.79. The topological polar surface area (TPSA) is 128 Å². The summed E-state index contributed by atoms with van der Waals surface area (Å²) in [6.45, 7) is 0.214. The fraction of sp³-hybridized carbons (Fsp3) is 0.312. The summed E-state index contributed by atoms with van der Waals surface area (Å²) in [7, 11) is 1.63. The molecule has 1 aliphatic rings. The van der Waals surface area contributed by atoms with Gasteiger partial charge < -0.3 is 30.3 Å². The third-order valence-electron chi connectivity index (χ3n) is 7.00. The molecule has 4 amide bonds. The Kier molecular flexibility index (Phi) is 10.7. The third-order valence-corrected chi connectivity index (χ3v) is 7.00. The van der Waals surface area contributed by atoms with Crippen LogP contribution in [0.3, 0.4) is 0 Å². The molecule has 42 heavy (non-hydrogen) atoms. The molecular weight excluding hydrogens is 536 g/mol. The molecule has 0 spiro atoms. The van der Waals surface area contributed by atoms with Crippen LogP contribution in [-0.4, -0.2) is 84.0 Å². The number of ether oxygens (including phenoxy) is 1. The number of nitrogens with one attached hydrogen (secondary N) is 2. The van der Waals surface area contributed by atoms with Gasteiger partial charge in [-0.15, -0.1) is 0 Å². The summed E-state index contributed by atoms with van der Waals surface area (Å²) in [4.78, 5) is 57.1. The first kappa shape index (κ1) is 30.3. The molecule has 3 N–H and O–H groups in total. The van der Waals surface area contributed by atoms with Crippen molar-refractivity contribution >= 4 is 23.6 Å². The number of rotatable bonds is 7. The van der Waals surface area contributed by atoms with Crippen molar-refractivity contribution in [1.29, 1.82) is 0 Å². The van der Waals surface area contributed by atoms with E-state index >= 15 is 0 Å². The van der Waals surface area contributed by atoms with Crippen molar-refractivity contribution in [3.63, 3.8) is 0 Å². The average molecular weight is 573 g/mol. The number of carbonyl (C=O) groups is 4. The van der Waals surface area contributed by atoms with Crippen molar-refractivity contribution in [2.75, 3.05) is 33.4 Å². The van der Waals surface area contributed by atoms with E-state index in [0.29, 0.717) is 5.75 Å². The lowest BCUT2D eigenvalue weighted by molar-refractivity contribution is -0.138. The minimum absolute atomic E-state index is 0.00132. The van der Waals surface area contributed by atoms with Crippen molar-refractivity contribution in [3.05, 3.63) is 102 Å². The zero-order chi connectivity index (χ0) is 29.9. The number of aliphatic hydroxyl groups is 1. The van der Waals surface area contributed by atoms with Gasteiger partial charge in [0, 0.05) is 26.6 Å². The van der Waals surface area contributed by atoms with Crippen molar-refractivity contribution in [1.82, 2.24) is 20.4 Å². The molecule has 0 saturated heterocycles. The molecule has 220 valence electrons. The van der Waals surface area contributed by atoms with E-state index in [9.17, 15) is 24.3 Å². The highest BCUT2D eigenvalue weighted by atomic mass is 16.5. The molecule has 0 aliphatic carbocycles. The Morgan fingerprint density at radius 1 is 0.929 bits per heavy atom. The van der Waals surface area contributed by atoms with E-state index in [0.717, 1.165) is 11.1 Å². The number of carbonyl (C=O) groups excluding carboxylic acids is 4. The molecule has 10 nitrogen and oxygen atoms in total. The largest absolute Gasteiger partial charge is 0.491 e. The van der Waals surface area contributed by atoms with Crippen molar-refractivity contribution in [3.8, 4) is 5.75 Å². The standard InChI is InChI=1S/C32H36N4O6/c1-35-17-19-42-28-15-9-8-14-25(28)30(39)34-27(32(41)36(16-18-37)22-24-12-6-3-7-13-24)21-29(38)33-26(31(35)40)20-23-10-4-2-5-11-23/h2-15,26-27,37H,16-22H2,1H3,(H,33,38)(H,34,39)/t26-,27+/m1/s1. The smallest absolute Gasteiger partial charge is 0.255 e. The summed E-state index contributed by atoms with van der Waals surface area (Å²) in [6, 6.07) is 23.0. The highest BCUT2D eigenvalue weighted by Crippen LogP contribution is 2.19. The Morgan fingerprint density at radius 3 is 2.26 bits per heavy atom. The minimum Gasteiger partial charge on any atom is -0.491 e. The maximum absolute atomic E-state index is 13.8. The molecule has 3 aromatic carbocycles. The number of hydrogen-bond acceptors (Lipinski definition) is 6. The number of para-hydroxylation sites is 1. The van der Waals surface area contributed by atoms with E-state index in [2.05, 4.69) is 10.6 Å². The summed E-state index contributed by atoms with van der Waals surface area (Å²) in [5.74, 6) is -1.70. The molecule has 3 aromatic rings. The van der Waals surface area contributed by atoms with Crippen LogP contribution in [0.5, 0.6) is 5.75 Å². The van der Waals surface area contributed by atoms with Crippen LogP contribution in [0.25, 0.3) is 0 Å². The fourth-order valence-electron chi connectivity index (χ4n) is 4.79. The number of amides is 4. The molecular formula is C32H36N4O6. The van der Waals surface area contributed by atoms with Gasteiger partial charge in [0.15, 0.2) is 0 Å². The summed E-state index contributed by atoms with van der Waals surface area (Å²) >= 11 is 0. The van der Waals surface area contributed by atoms with Gasteiger partial charge in [-0.25, -0.2) is 0 Å². The van der Waals surface area contributed by atoms with Crippen LogP contribution in [-0.2, 0) is 27.3 Å². The molecule has 2 atom stereocenters. The first-order valence-electron chi connectivity index (χ1n) is 13.9. The van der Waals surface area contributed by atoms with Gasteiger partial charge in [0.1, 0.15) is 24.4 Å². The maximum Gasteiger partial charge on any atom is 0.255 e. The van der Waals surface area contributed by atoms with Crippen LogP contribution in [0.15, 0.2) is 84.9 Å². The Hall–Kier alpha value is -4.70. The molecule has 4 rings (SSSR count). The number of benzene rings is 3. The summed E-state index contributed by atoms with van der Waals surface area (Å²) in [5.41, 5.74) is 1.88. The molecule has 0 fully saturated rings. The Labute approximate surface area is 245 Å². The highest BCUT2D eigenvalue weighted by molar-refractivity contribution is 6.01. The lowest BCUT2D eigenvalue weighted by Gasteiger charge is -2.29. The Morgan fingerprint density at radius 2 is 1.57 bits per heavy atom. The van der Waals surface area contributed by atoms with E-state index in [1.54, 1.807) is 31.3 Å². The van der Waals surface area contributed by atoms with Crippen molar-refractivity contribution in [2.45, 2.75) is 31.5 Å². The highest BCUT2D eigenvalue weighted by Gasteiger charge is 2.32. The molecule has 1 aliphatic heterocycles. The van der Waals surface area contributed by atoms with E-state index in [1.165, 1.54) is 9.80 Å². The first-order valence-corrected chi connectivity index (χ1v) is 13.9. The van der Waals surface area contributed by atoms with Gasteiger partial charge in [-0.05, 0) is 23.3 Å². The van der Waals surface area contributed by atoms with Gasteiger partial charge in [0.05, 0.1) is 25.1 Å². The SMILES string of the molecule is CN1CCOc2ccccc2C(=O)N[C@H](C(=O)N(CCO)Cc2ccccc2)CC(=O)N[C@H](Cc2ccccc2)C1=O. The lowest BCUT2D eigenvalue weighted by atomic mass is 10.0. The van der Waals surface area contributed by atoms with Gasteiger partial charge in [-0.3, -0.25) is 19.2 Å². The number of fused-ring (bicyclic) bond motifs is 1. The second-order valence-corrected chi connectivity index (χ2v) is 10.1. The second kappa shape index (κ2) is 14.8. The van der Waals surface area contributed by atoms with Crippen LogP contribution in [0.1, 0.15) is 27.9 Å². The van der Waals surface area contributed by atoms with E-state index in [4.69, 9.17) is 4.74 Å². The quantitative estimate of drug-likeness (QED) is 0.396. The third kappa shape index (κ3) is 8.17. The molecule has 10 heteroatoms. The van der Waals surface area contributed by atoms with Gasteiger partial charge in [-0.1, -0.05) is 72.8 Å². The Bertz CT molecular complexity index is 1370. The molecule has 0 saturated carbocycles. The maximum atomic E-state index is 13.8. The number of hydrogen-bond donors (Lipinski definition) is 3. The number of nitrogens with zero attached hydrogens (tertiary/aromatic N) is 2. The van der Waals surface area contributed by atoms with E-state index in [-0.39, 0.29) is 50.7 Å². The van der Waals surface area contributed by atoms with Crippen molar-refractivity contribution in [2.24, 2.45) is 0 Å². The van der Waals surface area contributed by atoms with Gasteiger partial charge in [0.2, 0.25) is 17.7 Å². The van der Waals surface area contributed by atoms with Crippen LogP contribution < -0.4 is 15.4 Å². The number of aliphatic hydroxyl groups excluding tert-OH is 1. The summed E-state index contributed by atoms with van der Waals surface area (Å²) < 4.78 is 5.89. The van der Waals surface area contributed by atoms with Crippen molar-refractivity contribution < 1.29 is 29.0 Å². The molecule has 0 bridgehead atoms. The zero-order valence-electron chi connectivity index (χ0n) is 23.6. The minimum atomic E-state index is -1.27. The van der Waals surface area contributed by atoms with E-state index in [1.807, 2.05) is 60.7 Å². The monoisotopic (exact) mass is 572 g/mol. The molecule has 0 aromatic heterocycles. The molecule has 1 heterocycles. The zero-order valence-corrected chi connectivity index (χ0v) is 23.6. The molecule has 0 radical (unpaired) electrons. The van der Waals surface area contributed by atoms with Crippen LogP contribution >= 0.6 is 0 Å². The lowest BCUT2D eigenvalue weighted by Crippen LogP contribution is -2.54. The predicted octanol–water partition coefficient (Wildman–Crippen LogP) is 1.77. The Balaban J connectivity index is 1.66. The predicted molar refractivity (Wildman–Crippen MR) is 156 cm³/mol. The summed E-state index contributed by atoms with van der Waals surface area (Å²) in [6.07, 6.45) is -0.165. The normalized spacial score (nSPS) is 18.1. The van der Waals surface area contributed by atoms with Gasteiger partial charge >= 0.3 is 0 Å². The van der Waals surface area contributed by atoms with Crippen LogP contribution in [0, 0.1) is 0 Å². The molecule has 0 unspecified atom stereocenters. The van der Waals surface area contributed by atoms with Crippen LogP contribution in [0.4, 0.5) is 0 Å². The second-order valence-electron chi connectivity index (χ2n) is 10.1. The van der Waals surface area contributed by atoms with Gasteiger partial charge in [-0.2, -0.15) is 0 Å².